The zero-order chi connectivity index (χ0) is 14.7. The summed E-state index contributed by atoms with van der Waals surface area (Å²) < 4.78 is 30.9. The monoisotopic (exact) mass is 297 g/mol. The number of rotatable bonds is 3. The standard InChI is InChI=1S/C13H9F2NO3S/c1-19-13(18)10-4-5-11(20-10)16-12(17)8-6-7(14)2-3-9(8)15/h2-6H,1H3,(H,16,17). The van der Waals surface area contributed by atoms with Crippen molar-refractivity contribution in [3.8, 4) is 0 Å². The average molecular weight is 297 g/mol. The van der Waals surface area contributed by atoms with Gasteiger partial charge in [-0.3, -0.25) is 4.79 Å². The number of thiophene rings is 1. The minimum atomic E-state index is -0.825. The second-order valence-electron chi connectivity index (χ2n) is 3.73. The van der Waals surface area contributed by atoms with Crippen molar-refractivity contribution in [1.29, 1.82) is 0 Å². The predicted octanol–water partition coefficient (Wildman–Crippen LogP) is 3.07. The van der Waals surface area contributed by atoms with Crippen molar-refractivity contribution < 1.29 is 23.1 Å². The van der Waals surface area contributed by atoms with E-state index in [0.29, 0.717) is 9.88 Å². The molecular weight excluding hydrogens is 288 g/mol. The molecule has 1 amide bonds. The molecule has 0 atom stereocenters. The molecule has 7 heteroatoms. The molecule has 0 fully saturated rings. The topological polar surface area (TPSA) is 55.4 Å². The Labute approximate surface area is 117 Å². The lowest BCUT2D eigenvalue weighted by Gasteiger charge is -2.03. The molecule has 20 heavy (non-hydrogen) atoms. The van der Waals surface area contributed by atoms with E-state index in [9.17, 15) is 18.4 Å². The largest absolute Gasteiger partial charge is 0.465 e. The first-order valence-corrected chi connectivity index (χ1v) is 6.27. The van der Waals surface area contributed by atoms with E-state index in [1.165, 1.54) is 19.2 Å². The number of ether oxygens (including phenoxy) is 1. The van der Waals surface area contributed by atoms with Gasteiger partial charge in [0.15, 0.2) is 0 Å². The minimum absolute atomic E-state index is 0.294. The molecule has 2 aromatic rings. The zero-order valence-electron chi connectivity index (χ0n) is 10.3. The van der Waals surface area contributed by atoms with Gasteiger partial charge in [-0.15, -0.1) is 11.3 Å². The van der Waals surface area contributed by atoms with E-state index in [2.05, 4.69) is 10.1 Å². The third kappa shape index (κ3) is 3.00. The van der Waals surface area contributed by atoms with Crippen LogP contribution < -0.4 is 5.32 Å². The van der Waals surface area contributed by atoms with Gasteiger partial charge in [-0.05, 0) is 30.3 Å². The Morgan fingerprint density at radius 1 is 1.20 bits per heavy atom. The molecule has 1 N–H and O–H groups in total. The summed E-state index contributed by atoms with van der Waals surface area (Å²) in [6.45, 7) is 0. The van der Waals surface area contributed by atoms with E-state index < -0.39 is 29.1 Å². The summed E-state index contributed by atoms with van der Waals surface area (Å²) in [7, 11) is 1.24. The Bertz CT molecular complexity index is 669. The molecule has 0 aliphatic carbocycles. The fourth-order valence-corrected chi connectivity index (χ4v) is 2.29. The SMILES string of the molecule is COC(=O)c1ccc(NC(=O)c2cc(F)ccc2F)s1. The van der Waals surface area contributed by atoms with E-state index in [1.807, 2.05) is 0 Å². The number of carbonyl (C=O) groups is 2. The predicted molar refractivity (Wildman–Crippen MR) is 70.0 cm³/mol. The molecule has 2 rings (SSSR count). The first-order chi connectivity index (χ1) is 9.51. The maximum atomic E-state index is 13.4. The lowest BCUT2D eigenvalue weighted by Crippen LogP contribution is -2.13. The van der Waals surface area contributed by atoms with Crippen LogP contribution in [0.4, 0.5) is 13.8 Å². The number of benzene rings is 1. The van der Waals surface area contributed by atoms with Crippen LogP contribution in [0.2, 0.25) is 0 Å². The van der Waals surface area contributed by atoms with Gasteiger partial charge in [-0.25, -0.2) is 13.6 Å². The fraction of sp³-hybridized carbons (Fsp3) is 0.0769. The number of halogens is 2. The fourth-order valence-electron chi connectivity index (χ4n) is 1.47. The summed E-state index contributed by atoms with van der Waals surface area (Å²) in [5, 5.41) is 2.72. The highest BCUT2D eigenvalue weighted by molar-refractivity contribution is 7.18. The van der Waals surface area contributed by atoms with Crippen LogP contribution >= 0.6 is 11.3 Å². The highest BCUT2D eigenvalue weighted by Gasteiger charge is 2.15. The Kier molecular flexibility index (Phi) is 4.09. The molecule has 0 saturated heterocycles. The van der Waals surface area contributed by atoms with Crippen LogP contribution in [0.5, 0.6) is 0 Å². The first-order valence-electron chi connectivity index (χ1n) is 5.46. The van der Waals surface area contributed by atoms with Gasteiger partial charge in [0.1, 0.15) is 16.5 Å². The van der Waals surface area contributed by atoms with Gasteiger partial charge in [0.05, 0.1) is 17.7 Å². The number of nitrogens with one attached hydrogen (secondary N) is 1. The number of carbonyl (C=O) groups excluding carboxylic acids is 2. The minimum Gasteiger partial charge on any atom is -0.465 e. The summed E-state index contributed by atoms with van der Waals surface area (Å²) in [6, 6.07) is 5.55. The summed E-state index contributed by atoms with van der Waals surface area (Å²) in [4.78, 5) is 23.3. The van der Waals surface area contributed by atoms with Crippen LogP contribution in [-0.2, 0) is 4.74 Å². The molecule has 0 spiro atoms. The molecular formula is C13H9F2NO3S. The number of esters is 1. The van der Waals surface area contributed by atoms with Gasteiger partial charge in [-0.1, -0.05) is 0 Å². The zero-order valence-corrected chi connectivity index (χ0v) is 11.1. The lowest BCUT2D eigenvalue weighted by molar-refractivity contribution is 0.0606. The quantitative estimate of drug-likeness (QED) is 0.886. The maximum absolute atomic E-state index is 13.4. The van der Waals surface area contributed by atoms with Crippen molar-refractivity contribution >= 4 is 28.2 Å². The van der Waals surface area contributed by atoms with Crippen molar-refractivity contribution in [3.05, 3.63) is 52.4 Å². The third-order valence-corrected chi connectivity index (χ3v) is 3.38. The summed E-state index contributed by atoms with van der Waals surface area (Å²) >= 11 is 0.976. The normalized spacial score (nSPS) is 10.2. The van der Waals surface area contributed by atoms with Gasteiger partial charge in [-0.2, -0.15) is 0 Å². The van der Waals surface area contributed by atoms with Crippen LogP contribution in [0, 0.1) is 11.6 Å². The van der Waals surface area contributed by atoms with Crippen molar-refractivity contribution in [2.45, 2.75) is 0 Å². The van der Waals surface area contributed by atoms with Crippen molar-refractivity contribution in [3.63, 3.8) is 0 Å². The van der Waals surface area contributed by atoms with Crippen LogP contribution in [0.25, 0.3) is 0 Å². The highest BCUT2D eigenvalue weighted by atomic mass is 32.1. The van der Waals surface area contributed by atoms with Crippen LogP contribution in [0.3, 0.4) is 0 Å². The Morgan fingerprint density at radius 3 is 2.65 bits per heavy atom. The smallest absolute Gasteiger partial charge is 0.348 e. The molecule has 0 aliphatic rings. The molecule has 0 unspecified atom stereocenters. The second-order valence-corrected chi connectivity index (χ2v) is 4.82. The Balaban J connectivity index is 2.17. The van der Waals surface area contributed by atoms with Crippen LogP contribution in [0.1, 0.15) is 20.0 Å². The molecule has 1 aromatic carbocycles. The molecule has 1 aromatic heterocycles. The lowest BCUT2D eigenvalue weighted by atomic mass is 10.2. The van der Waals surface area contributed by atoms with E-state index in [0.717, 1.165) is 29.5 Å². The molecule has 104 valence electrons. The molecule has 4 nitrogen and oxygen atoms in total. The van der Waals surface area contributed by atoms with Crippen molar-refractivity contribution in [1.82, 2.24) is 0 Å². The number of anilines is 1. The Morgan fingerprint density at radius 2 is 1.95 bits per heavy atom. The number of amides is 1. The van der Waals surface area contributed by atoms with Gasteiger partial charge < -0.3 is 10.1 Å². The molecule has 0 aliphatic heterocycles. The second kappa shape index (κ2) is 5.79. The van der Waals surface area contributed by atoms with E-state index in [-0.39, 0.29) is 0 Å². The maximum Gasteiger partial charge on any atom is 0.348 e. The summed E-state index contributed by atoms with van der Waals surface area (Å²) in [5.74, 6) is -2.86. The number of hydrogen-bond donors (Lipinski definition) is 1. The van der Waals surface area contributed by atoms with Gasteiger partial charge in [0, 0.05) is 0 Å². The van der Waals surface area contributed by atoms with Crippen molar-refractivity contribution in [2.75, 3.05) is 12.4 Å². The number of methoxy groups -OCH3 is 1. The summed E-state index contributed by atoms with van der Waals surface area (Å²) in [6.07, 6.45) is 0. The van der Waals surface area contributed by atoms with Gasteiger partial charge in [0.2, 0.25) is 0 Å². The van der Waals surface area contributed by atoms with E-state index in [4.69, 9.17) is 0 Å². The first kappa shape index (κ1) is 14.1. The van der Waals surface area contributed by atoms with Crippen LogP contribution in [0.15, 0.2) is 30.3 Å². The molecule has 1 heterocycles. The molecule has 0 saturated carbocycles. The third-order valence-electron chi connectivity index (χ3n) is 2.40. The average Bonchev–Trinajstić information content (AvgIpc) is 2.89. The highest BCUT2D eigenvalue weighted by Crippen LogP contribution is 2.23. The van der Waals surface area contributed by atoms with Gasteiger partial charge >= 0.3 is 5.97 Å². The molecule has 0 bridgehead atoms. The number of hydrogen-bond acceptors (Lipinski definition) is 4. The van der Waals surface area contributed by atoms with Crippen molar-refractivity contribution in [2.24, 2.45) is 0 Å². The summed E-state index contributed by atoms with van der Waals surface area (Å²) in [5.41, 5.74) is -0.405. The molecule has 0 radical (unpaired) electrons. The Hall–Kier alpha value is -2.28. The van der Waals surface area contributed by atoms with Crippen LogP contribution in [-0.4, -0.2) is 19.0 Å². The van der Waals surface area contributed by atoms with Gasteiger partial charge in [0.25, 0.3) is 5.91 Å². The van der Waals surface area contributed by atoms with E-state index in [1.54, 1.807) is 0 Å². The van der Waals surface area contributed by atoms with E-state index >= 15 is 0 Å².